The van der Waals surface area contributed by atoms with Crippen molar-refractivity contribution in [2.45, 2.75) is 25.6 Å². The number of likely N-dealkylation sites (tertiary alicyclic amines) is 1. The quantitative estimate of drug-likeness (QED) is 0.829. The van der Waals surface area contributed by atoms with Crippen molar-refractivity contribution in [1.29, 1.82) is 0 Å². The molecular weight excluding hydrogens is 356 g/mol. The number of carbonyl (C=O) groups is 1. The Morgan fingerprint density at radius 1 is 1.41 bits per heavy atom. The van der Waals surface area contributed by atoms with Crippen LogP contribution in [0.2, 0.25) is 0 Å². The number of nitrogens with zero attached hydrogens (tertiary/aromatic N) is 4. The third-order valence-electron chi connectivity index (χ3n) is 4.53. The van der Waals surface area contributed by atoms with Crippen molar-refractivity contribution in [3.8, 4) is 5.75 Å². The van der Waals surface area contributed by atoms with E-state index in [9.17, 15) is 13.6 Å². The summed E-state index contributed by atoms with van der Waals surface area (Å²) in [4.78, 5) is 24.8. The topological polar surface area (TPSA) is 84.6 Å². The molecule has 0 radical (unpaired) electrons. The van der Waals surface area contributed by atoms with Gasteiger partial charge in [-0.25, -0.2) is 9.97 Å². The maximum absolute atomic E-state index is 12.8. The molecular formula is C18H21F2N5O2. The Morgan fingerprint density at radius 2 is 2.19 bits per heavy atom. The number of ether oxygens (including phenoxy) is 1. The standard InChI is InChI=1S/C18H21F2N5O2/c1-24(11-16-22-8-6-15(21)23-16)12-7-9-25(10-12)17(26)13-4-2-3-5-14(13)27-18(19)20/h2-6,8,12,18H,7,9-11H2,1H3,(H2,21,22,23)/t12-/m1/s1. The van der Waals surface area contributed by atoms with Crippen LogP contribution in [0, 0.1) is 0 Å². The van der Waals surface area contributed by atoms with Gasteiger partial charge in [0.1, 0.15) is 17.4 Å². The number of rotatable bonds is 6. The average Bonchev–Trinajstić information content (AvgIpc) is 3.11. The van der Waals surface area contributed by atoms with Crippen LogP contribution in [0.15, 0.2) is 36.5 Å². The number of nitrogen functional groups attached to an aromatic ring is 1. The van der Waals surface area contributed by atoms with Crippen molar-refractivity contribution < 1.29 is 18.3 Å². The number of amides is 1. The lowest BCUT2D eigenvalue weighted by molar-refractivity contribution is -0.0502. The highest BCUT2D eigenvalue weighted by atomic mass is 19.3. The lowest BCUT2D eigenvalue weighted by Gasteiger charge is -2.24. The molecule has 2 heterocycles. The minimum atomic E-state index is -2.98. The molecule has 0 saturated carbocycles. The van der Waals surface area contributed by atoms with Crippen LogP contribution in [-0.4, -0.2) is 58.5 Å². The average molecular weight is 377 g/mol. The molecule has 0 bridgehead atoms. The van der Waals surface area contributed by atoms with Gasteiger partial charge < -0.3 is 15.4 Å². The molecule has 7 nitrogen and oxygen atoms in total. The predicted molar refractivity (Wildman–Crippen MR) is 95.3 cm³/mol. The Kier molecular flexibility index (Phi) is 5.80. The van der Waals surface area contributed by atoms with Crippen LogP contribution in [0.1, 0.15) is 22.6 Å². The Bertz CT molecular complexity index is 805. The summed E-state index contributed by atoms with van der Waals surface area (Å²) in [5, 5.41) is 0. The summed E-state index contributed by atoms with van der Waals surface area (Å²) in [6.45, 7) is -1.45. The van der Waals surface area contributed by atoms with E-state index < -0.39 is 6.61 Å². The molecule has 1 atom stereocenters. The summed E-state index contributed by atoms with van der Waals surface area (Å²) in [5.41, 5.74) is 5.81. The van der Waals surface area contributed by atoms with E-state index in [4.69, 9.17) is 5.73 Å². The van der Waals surface area contributed by atoms with Crippen LogP contribution in [0.5, 0.6) is 5.75 Å². The number of carbonyl (C=O) groups excluding carboxylic acids is 1. The number of benzene rings is 1. The van der Waals surface area contributed by atoms with Gasteiger partial charge in [0.2, 0.25) is 0 Å². The van der Waals surface area contributed by atoms with Gasteiger partial charge in [0.15, 0.2) is 0 Å². The maximum atomic E-state index is 12.8. The van der Waals surface area contributed by atoms with Gasteiger partial charge in [0.05, 0.1) is 12.1 Å². The molecule has 1 aromatic carbocycles. The van der Waals surface area contributed by atoms with Crippen LogP contribution >= 0.6 is 0 Å². The van der Waals surface area contributed by atoms with E-state index in [0.29, 0.717) is 31.3 Å². The number of hydrogen-bond acceptors (Lipinski definition) is 6. The highest BCUT2D eigenvalue weighted by molar-refractivity contribution is 5.97. The van der Waals surface area contributed by atoms with E-state index in [2.05, 4.69) is 19.6 Å². The van der Waals surface area contributed by atoms with E-state index in [-0.39, 0.29) is 23.3 Å². The molecule has 3 rings (SSSR count). The van der Waals surface area contributed by atoms with Crippen LogP contribution in [0.25, 0.3) is 0 Å². The van der Waals surface area contributed by atoms with E-state index in [1.54, 1.807) is 29.3 Å². The molecule has 9 heteroatoms. The molecule has 0 unspecified atom stereocenters. The molecule has 0 spiro atoms. The fourth-order valence-corrected chi connectivity index (χ4v) is 3.14. The first-order chi connectivity index (χ1) is 12.9. The first kappa shape index (κ1) is 19.0. The third kappa shape index (κ3) is 4.68. The highest BCUT2D eigenvalue weighted by Crippen LogP contribution is 2.25. The normalized spacial score (nSPS) is 16.9. The van der Waals surface area contributed by atoms with Gasteiger partial charge in [-0.05, 0) is 31.7 Å². The first-order valence-electron chi connectivity index (χ1n) is 8.55. The van der Waals surface area contributed by atoms with Gasteiger partial charge in [-0.1, -0.05) is 12.1 Å². The van der Waals surface area contributed by atoms with Crippen LogP contribution < -0.4 is 10.5 Å². The molecule has 1 aromatic heterocycles. The smallest absolute Gasteiger partial charge is 0.387 e. The number of aromatic nitrogens is 2. The molecule has 0 aliphatic carbocycles. The van der Waals surface area contributed by atoms with Gasteiger partial charge >= 0.3 is 6.61 Å². The maximum Gasteiger partial charge on any atom is 0.387 e. The number of alkyl halides is 2. The zero-order chi connectivity index (χ0) is 19.4. The van der Waals surface area contributed by atoms with Crippen LogP contribution in [0.4, 0.5) is 14.6 Å². The summed E-state index contributed by atoms with van der Waals surface area (Å²) in [6, 6.07) is 7.79. The first-order valence-corrected chi connectivity index (χ1v) is 8.55. The summed E-state index contributed by atoms with van der Waals surface area (Å²) in [6.07, 6.45) is 2.37. The van der Waals surface area contributed by atoms with Gasteiger partial charge in [-0.15, -0.1) is 0 Å². The van der Waals surface area contributed by atoms with Gasteiger partial charge in [0.25, 0.3) is 5.91 Å². The number of likely N-dealkylation sites (N-methyl/N-ethyl adjacent to an activating group) is 1. The lowest BCUT2D eigenvalue weighted by Crippen LogP contribution is -2.36. The van der Waals surface area contributed by atoms with Crippen molar-refractivity contribution in [3.05, 3.63) is 47.9 Å². The molecule has 2 aromatic rings. The number of anilines is 1. The number of hydrogen-bond donors (Lipinski definition) is 1. The summed E-state index contributed by atoms with van der Waals surface area (Å²) in [5.74, 6) is 0.593. The fraction of sp³-hybridized carbons (Fsp3) is 0.389. The molecule has 1 aliphatic rings. The van der Waals surface area contributed by atoms with E-state index in [1.165, 1.54) is 12.1 Å². The minimum absolute atomic E-state index is 0.109. The third-order valence-corrected chi connectivity index (χ3v) is 4.53. The number of para-hydroxylation sites is 1. The molecule has 1 aliphatic heterocycles. The SMILES string of the molecule is CN(Cc1nccc(N)n1)[C@@H]1CCN(C(=O)c2ccccc2OC(F)F)C1. The van der Waals surface area contributed by atoms with Crippen LogP contribution in [-0.2, 0) is 6.54 Å². The largest absolute Gasteiger partial charge is 0.434 e. The second kappa shape index (κ2) is 8.26. The van der Waals surface area contributed by atoms with Gasteiger partial charge in [-0.2, -0.15) is 8.78 Å². The Morgan fingerprint density at radius 3 is 2.93 bits per heavy atom. The van der Waals surface area contributed by atoms with Crippen molar-refractivity contribution >= 4 is 11.7 Å². The highest BCUT2D eigenvalue weighted by Gasteiger charge is 2.31. The molecule has 144 valence electrons. The van der Waals surface area contributed by atoms with Gasteiger partial charge in [0, 0.05) is 25.3 Å². The molecule has 27 heavy (non-hydrogen) atoms. The Balaban J connectivity index is 1.64. The van der Waals surface area contributed by atoms with Crippen LogP contribution in [0.3, 0.4) is 0 Å². The zero-order valence-corrected chi connectivity index (χ0v) is 14.9. The number of halogens is 2. The van der Waals surface area contributed by atoms with Crippen molar-refractivity contribution in [1.82, 2.24) is 19.8 Å². The second-order valence-corrected chi connectivity index (χ2v) is 6.38. The van der Waals surface area contributed by atoms with E-state index in [1.807, 2.05) is 7.05 Å². The second-order valence-electron chi connectivity index (χ2n) is 6.38. The molecule has 1 fully saturated rings. The predicted octanol–water partition coefficient (Wildman–Crippen LogP) is 2.01. The Labute approximate surface area is 155 Å². The lowest BCUT2D eigenvalue weighted by atomic mass is 10.2. The summed E-state index contributed by atoms with van der Waals surface area (Å²) >= 11 is 0. The Hall–Kier alpha value is -2.81. The zero-order valence-electron chi connectivity index (χ0n) is 14.9. The minimum Gasteiger partial charge on any atom is -0.434 e. The fourth-order valence-electron chi connectivity index (χ4n) is 3.14. The molecule has 1 saturated heterocycles. The number of nitrogens with two attached hydrogens (primary N) is 1. The molecule has 2 N–H and O–H groups in total. The van der Waals surface area contributed by atoms with Crippen molar-refractivity contribution in [2.75, 3.05) is 25.9 Å². The molecule has 1 amide bonds. The summed E-state index contributed by atoms with van der Waals surface area (Å²) in [7, 11) is 1.93. The van der Waals surface area contributed by atoms with Crippen molar-refractivity contribution in [2.24, 2.45) is 0 Å². The monoisotopic (exact) mass is 377 g/mol. The van der Waals surface area contributed by atoms with E-state index >= 15 is 0 Å². The van der Waals surface area contributed by atoms with Crippen molar-refractivity contribution in [3.63, 3.8) is 0 Å². The summed E-state index contributed by atoms with van der Waals surface area (Å²) < 4.78 is 29.6. The van der Waals surface area contributed by atoms with Gasteiger partial charge in [-0.3, -0.25) is 9.69 Å². The van der Waals surface area contributed by atoms with E-state index in [0.717, 1.165) is 6.42 Å².